The van der Waals surface area contributed by atoms with Crippen LogP contribution in [0.1, 0.15) is 53.0 Å². The second-order valence-electron chi connectivity index (χ2n) is 8.16. The van der Waals surface area contributed by atoms with Gasteiger partial charge in [-0.3, -0.25) is 9.59 Å². The Morgan fingerprint density at radius 2 is 1.40 bits per heavy atom. The van der Waals surface area contributed by atoms with Crippen LogP contribution < -0.4 is 10.6 Å². The maximum absolute atomic E-state index is 12.6. The minimum absolute atomic E-state index is 0.148. The highest BCUT2D eigenvalue weighted by molar-refractivity contribution is 8.00. The summed E-state index contributed by atoms with van der Waals surface area (Å²) in [5.41, 5.74) is 3.45. The number of nitrogens with one attached hydrogen (secondary N) is 2. The molecule has 6 nitrogen and oxygen atoms in total. The molecule has 0 spiro atoms. The van der Waals surface area contributed by atoms with Gasteiger partial charge in [0.2, 0.25) is 5.91 Å². The van der Waals surface area contributed by atoms with Crippen molar-refractivity contribution < 1.29 is 19.1 Å². The molecule has 0 aliphatic carbocycles. The van der Waals surface area contributed by atoms with E-state index in [0.29, 0.717) is 29.1 Å². The van der Waals surface area contributed by atoms with E-state index in [9.17, 15) is 14.4 Å². The van der Waals surface area contributed by atoms with Gasteiger partial charge in [0, 0.05) is 21.8 Å². The molecule has 0 aromatic heterocycles. The van der Waals surface area contributed by atoms with Gasteiger partial charge in [-0.1, -0.05) is 31.0 Å². The summed E-state index contributed by atoms with van der Waals surface area (Å²) in [6.45, 7) is 6.24. The summed E-state index contributed by atoms with van der Waals surface area (Å²) >= 11 is 1.42. The van der Waals surface area contributed by atoms with Crippen molar-refractivity contribution in [2.45, 2.75) is 43.8 Å². The van der Waals surface area contributed by atoms with Crippen LogP contribution in [0.15, 0.2) is 77.7 Å². The first kappa shape index (κ1) is 26.0. The quantitative estimate of drug-likeness (QED) is 0.197. The number of benzene rings is 3. The molecular weight excluding hydrogens is 460 g/mol. The summed E-state index contributed by atoms with van der Waals surface area (Å²) in [5, 5.41) is 5.41. The van der Waals surface area contributed by atoms with Gasteiger partial charge in [0.15, 0.2) is 0 Å². The SMILES string of the molecule is CCCCOC(=O)c1ccc(NC(=O)C(C)Sc2ccc(NC(=O)c3ccc(C)cc3)cc2)cc1. The van der Waals surface area contributed by atoms with E-state index in [-0.39, 0.29) is 23.0 Å². The van der Waals surface area contributed by atoms with Gasteiger partial charge in [-0.05, 0) is 80.9 Å². The minimum Gasteiger partial charge on any atom is -0.462 e. The fourth-order valence-corrected chi connectivity index (χ4v) is 3.98. The number of unbranched alkanes of at least 4 members (excludes halogenated alkanes) is 1. The number of carbonyl (C=O) groups is 3. The van der Waals surface area contributed by atoms with Crippen molar-refractivity contribution in [3.8, 4) is 0 Å². The molecule has 3 aromatic carbocycles. The van der Waals surface area contributed by atoms with Crippen LogP contribution >= 0.6 is 11.8 Å². The Hall–Kier alpha value is -3.58. The number of aryl methyl sites for hydroxylation is 1. The smallest absolute Gasteiger partial charge is 0.338 e. The van der Waals surface area contributed by atoms with Crippen LogP contribution in [0.2, 0.25) is 0 Å². The first-order valence-corrected chi connectivity index (χ1v) is 12.5. The van der Waals surface area contributed by atoms with Crippen molar-refractivity contribution in [2.75, 3.05) is 17.2 Å². The lowest BCUT2D eigenvalue weighted by molar-refractivity contribution is -0.115. The van der Waals surface area contributed by atoms with Crippen LogP contribution in [-0.2, 0) is 9.53 Å². The normalized spacial score (nSPS) is 11.4. The lowest BCUT2D eigenvalue weighted by Crippen LogP contribution is -2.22. The number of amides is 2. The van der Waals surface area contributed by atoms with E-state index >= 15 is 0 Å². The number of ether oxygens (including phenoxy) is 1. The summed E-state index contributed by atoms with van der Waals surface area (Å²) in [6.07, 6.45) is 1.80. The van der Waals surface area contributed by atoms with E-state index in [1.165, 1.54) is 11.8 Å². The summed E-state index contributed by atoms with van der Waals surface area (Å²) in [5.74, 6) is -0.679. The molecule has 2 amide bonds. The van der Waals surface area contributed by atoms with E-state index in [2.05, 4.69) is 10.6 Å². The number of carbonyl (C=O) groups excluding carboxylic acids is 3. The third-order valence-electron chi connectivity index (χ3n) is 5.23. The number of thioether (sulfide) groups is 1. The lowest BCUT2D eigenvalue weighted by atomic mass is 10.1. The van der Waals surface area contributed by atoms with Crippen LogP contribution in [0.5, 0.6) is 0 Å². The predicted octanol–water partition coefficient (Wildman–Crippen LogP) is 6.32. The molecule has 0 radical (unpaired) electrons. The zero-order valence-corrected chi connectivity index (χ0v) is 21.0. The van der Waals surface area contributed by atoms with Gasteiger partial charge in [-0.15, -0.1) is 11.8 Å². The summed E-state index contributed by atoms with van der Waals surface area (Å²) in [6, 6.07) is 21.4. The Kier molecular flexibility index (Phi) is 9.49. The van der Waals surface area contributed by atoms with Gasteiger partial charge in [0.25, 0.3) is 5.91 Å². The van der Waals surface area contributed by atoms with Gasteiger partial charge in [0.05, 0.1) is 17.4 Å². The molecule has 0 fully saturated rings. The van der Waals surface area contributed by atoms with Crippen molar-refractivity contribution in [3.63, 3.8) is 0 Å². The number of hydrogen-bond donors (Lipinski definition) is 2. The second-order valence-corrected chi connectivity index (χ2v) is 9.57. The van der Waals surface area contributed by atoms with Gasteiger partial charge >= 0.3 is 5.97 Å². The maximum atomic E-state index is 12.6. The molecule has 0 aliphatic heterocycles. The molecular formula is C28H30N2O4S. The molecule has 0 saturated heterocycles. The highest BCUT2D eigenvalue weighted by atomic mass is 32.2. The number of anilines is 2. The zero-order chi connectivity index (χ0) is 25.2. The Morgan fingerprint density at radius 1 is 0.829 bits per heavy atom. The third-order valence-corrected chi connectivity index (χ3v) is 6.34. The Labute approximate surface area is 210 Å². The zero-order valence-electron chi connectivity index (χ0n) is 20.2. The number of esters is 1. The van der Waals surface area contributed by atoms with E-state index in [0.717, 1.165) is 23.3 Å². The van der Waals surface area contributed by atoms with Gasteiger partial charge in [-0.25, -0.2) is 4.79 Å². The standard InChI is InChI=1S/C28H30N2O4S/c1-4-5-18-34-28(33)22-10-12-23(13-11-22)29-26(31)20(3)35-25-16-14-24(15-17-25)30-27(32)21-8-6-19(2)7-9-21/h6-17,20H,4-5,18H2,1-3H3,(H,29,31)(H,30,32). The van der Waals surface area contributed by atoms with E-state index < -0.39 is 0 Å². The molecule has 3 aromatic rings. The molecule has 0 heterocycles. The molecule has 1 atom stereocenters. The van der Waals surface area contributed by atoms with Gasteiger partial charge in [0.1, 0.15) is 0 Å². The maximum Gasteiger partial charge on any atom is 0.338 e. The third kappa shape index (κ3) is 8.00. The van der Waals surface area contributed by atoms with E-state index in [1.54, 1.807) is 36.4 Å². The molecule has 0 aliphatic rings. The van der Waals surface area contributed by atoms with Crippen LogP contribution in [0, 0.1) is 6.92 Å². The first-order valence-electron chi connectivity index (χ1n) is 11.6. The van der Waals surface area contributed by atoms with Crippen molar-refractivity contribution in [1.82, 2.24) is 0 Å². The second kappa shape index (κ2) is 12.8. The minimum atomic E-state index is -0.362. The molecule has 3 rings (SSSR count). The average molecular weight is 491 g/mol. The fraction of sp³-hybridized carbons (Fsp3) is 0.250. The molecule has 0 saturated carbocycles. The molecule has 35 heavy (non-hydrogen) atoms. The van der Waals surface area contributed by atoms with Gasteiger partial charge in [-0.2, -0.15) is 0 Å². The van der Waals surface area contributed by atoms with Crippen LogP contribution in [0.4, 0.5) is 11.4 Å². The van der Waals surface area contributed by atoms with Gasteiger partial charge < -0.3 is 15.4 Å². The molecule has 2 N–H and O–H groups in total. The van der Waals surface area contributed by atoms with Crippen molar-refractivity contribution >= 4 is 40.9 Å². The number of hydrogen-bond acceptors (Lipinski definition) is 5. The van der Waals surface area contributed by atoms with E-state index in [4.69, 9.17) is 4.74 Å². The van der Waals surface area contributed by atoms with Crippen LogP contribution in [-0.4, -0.2) is 29.6 Å². The Balaban J connectivity index is 1.49. The van der Waals surface area contributed by atoms with Crippen LogP contribution in [0.25, 0.3) is 0 Å². The molecule has 7 heteroatoms. The molecule has 182 valence electrons. The van der Waals surface area contributed by atoms with Crippen molar-refractivity contribution in [2.24, 2.45) is 0 Å². The topological polar surface area (TPSA) is 84.5 Å². The Bertz CT molecular complexity index is 1140. The van der Waals surface area contributed by atoms with Crippen molar-refractivity contribution in [1.29, 1.82) is 0 Å². The first-order chi connectivity index (χ1) is 16.9. The largest absolute Gasteiger partial charge is 0.462 e. The van der Waals surface area contributed by atoms with E-state index in [1.807, 2.05) is 57.2 Å². The van der Waals surface area contributed by atoms with Crippen LogP contribution in [0.3, 0.4) is 0 Å². The van der Waals surface area contributed by atoms with Crippen molar-refractivity contribution in [3.05, 3.63) is 89.5 Å². The highest BCUT2D eigenvalue weighted by Crippen LogP contribution is 2.26. The molecule has 0 bridgehead atoms. The average Bonchev–Trinajstić information content (AvgIpc) is 2.86. The number of rotatable bonds is 10. The highest BCUT2D eigenvalue weighted by Gasteiger charge is 2.15. The fourth-order valence-electron chi connectivity index (χ4n) is 3.11. The predicted molar refractivity (Wildman–Crippen MR) is 141 cm³/mol. The summed E-state index contributed by atoms with van der Waals surface area (Å²) in [4.78, 5) is 37.9. The monoisotopic (exact) mass is 490 g/mol. The summed E-state index contributed by atoms with van der Waals surface area (Å²) < 4.78 is 5.20. The lowest BCUT2D eigenvalue weighted by Gasteiger charge is -2.13. The summed E-state index contributed by atoms with van der Waals surface area (Å²) in [7, 11) is 0. The Morgan fingerprint density at radius 3 is 2.03 bits per heavy atom. The molecule has 1 unspecified atom stereocenters.